The third kappa shape index (κ3) is 4.55. The number of nitrogens with one attached hydrogen (secondary N) is 1. The number of halogens is 2. The Bertz CT molecular complexity index is 462. The summed E-state index contributed by atoms with van der Waals surface area (Å²) in [5, 5.41) is 3.56. The van der Waals surface area contributed by atoms with Crippen molar-refractivity contribution in [3.05, 3.63) is 28.8 Å². The molecule has 20 heavy (non-hydrogen) atoms. The topological polar surface area (TPSA) is 55.1 Å². The lowest BCUT2D eigenvalue weighted by molar-refractivity contribution is 0.0926. The van der Waals surface area contributed by atoms with Gasteiger partial charge in [-0.25, -0.2) is 0 Å². The molecule has 0 aromatic heterocycles. The van der Waals surface area contributed by atoms with Gasteiger partial charge in [0.15, 0.2) is 0 Å². The van der Waals surface area contributed by atoms with Crippen LogP contribution in [0.5, 0.6) is 0 Å². The lowest BCUT2D eigenvalue weighted by atomic mass is 9.91. The molecule has 112 valence electrons. The summed E-state index contributed by atoms with van der Waals surface area (Å²) in [4.78, 5) is 13.3. The van der Waals surface area contributed by atoms with E-state index in [-0.39, 0.29) is 30.4 Å². The zero-order valence-corrected chi connectivity index (χ0v) is 13.8. The van der Waals surface area contributed by atoms with Gasteiger partial charge in [0.2, 0.25) is 0 Å². The normalized spacial score (nSPS) is 21.9. The van der Waals surface area contributed by atoms with Gasteiger partial charge in [-0.05, 0) is 50.1 Å². The molecule has 1 amide bonds. The van der Waals surface area contributed by atoms with Crippen molar-refractivity contribution in [1.82, 2.24) is 5.32 Å². The van der Waals surface area contributed by atoms with Crippen LogP contribution in [0.25, 0.3) is 0 Å². The molecule has 3 nitrogen and oxygen atoms in total. The monoisotopic (exact) mass is 334 g/mol. The van der Waals surface area contributed by atoms with Gasteiger partial charge in [0.1, 0.15) is 0 Å². The first-order valence-corrected chi connectivity index (χ1v) is 8.10. The largest absolute Gasteiger partial charge is 0.349 e. The van der Waals surface area contributed by atoms with Crippen LogP contribution >= 0.6 is 35.8 Å². The molecule has 1 fully saturated rings. The zero-order chi connectivity index (χ0) is 13.8. The summed E-state index contributed by atoms with van der Waals surface area (Å²) in [6.45, 7) is 0. The van der Waals surface area contributed by atoms with E-state index in [1.807, 2.05) is 18.4 Å². The van der Waals surface area contributed by atoms with Crippen molar-refractivity contribution in [3.8, 4) is 0 Å². The van der Waals surface area contributed by atoms with Crippen LogP contribution in [0.4, 0.5) is 0 Å². The summed E-state index contributed by atoms with van der Waals surface area (Å²) in [7, 11) is 0. The fraction of sp³-hybridized carbons (Fsp3) is 0.500. The van der Waals surface area contributed by atoms with Crippen molar-refractivity contribution < 1.29 is 4.79 Å². The Labute approximate surface area is 135 Å². The highest BCUT2D eigenvalue weighted by atomic mass is 35.5. The molecule has 1 saturated carbocycles. The number of hydrogen-bond acceptors (Lipinski definition) is 3. The molecule has 1 aromatic rings. The molecule has 0 spiro atoms. The Balaban J connectivity index is 0.00000200. The van der Waals surface area contributed by atoms with Crippen LogP contribution in [0.2, 0.25) is 5.02 Å². The first-order chi connectivity index (χ1) is 9.10. The summed E-state index contributed by atoms with van der Waals surface area (Å²) in [6, 6.07) is 6.05. The van der Waals surface area contributed by atoms with E-state index in [4.69, 9.17) is 17.3 Å². The van der Waals surface area contributed by atoms with Gasteiger partial charge in [-0.15, -0.1) is 24.2 Å². The molecule has 1 aliphatic rings. The van der Waals surface area contributed by atoms with E-state index in [9.17, 15) is 4.79 Å². The number of hydrogen-bond donors (Lipinski definition) is 2. The average Bonchev–Trinajstić information content (AvgIpc) is 2.42. The smallest absolute Gasteiger partial charge is 0.253 e. The minimum Gasteiger partial charge on any atom is -0.349 e. The van der Waals surface area contributed by atoms with Crippen molar-refractivity contribution in [2.24, 2.45) is 5.73 Å². The van der Waals surface area contributed by atoms with Crippen LogP contribution in [0.15, 0.2) is 23.1 Å². The number of benzene rings is 1. The number of carbonyl (C=O) groups excluding carboxylic acids is 1. The van der Waals surface area contributed by atoms with Gasteiger partial charge >= 0.3 is 0 Å². The van der Waals surface area contributed by atoms with Gasteiger partial charge < -0.3 is 11.1 Å². The Morgan fingerprint density at radius 3 is 2.60 bits per heavy atom. The molecule has 0 aliphatic heterocycles. The van der Waals surface area contributed by atoms with Crippen LogP contribution in [0.3, 0.4) is 0 Å². The zero-order valence-electron chi connectivity index (χ0n) is 11.4. The second-order valence-corrected chi connectivity index (χ2v) is 6.22. The fourth-order valence-corrected chi connectivity index (χ4v) is 2.98. The van der Waals surface area contributed by atoms with E-state index in [2.05, 4.69) is 5.32 Å². The van der Waals surface area contributed by atoms with Crippen molar-refractivity contribution in [2.45, 2.75) is 42.7 Å². The highest BCUT2D eigenvalue weighted by molar-refractivity contribution is 7.98. The third-order valence-electron chi connectivity index (χ3n) is 3.53. The second kappa shape index (κ2) is 8.13. The molecule has 2 rings (SSSR count). The quantitative estimate of drug-likeness (QED) is 0.832. The SMILES string of the molecule is CSc1ccc(Cl)c(C(=O)NC2CCC(N)CC2)c1.Cl. The van der Waals surface area contributed by atoms with E-state index in [0.29, 0.717) is 10.6 Å². The number of nitrogens with two attached hydrogens (primary N) is 1. The fourth-order valence-electron chi connectivity index (χ4n) is 2.33. The molecule has 0 atom stereocenters. The van der Waals surface area contributed by atoms with Crippen LogP contribution in [-0.2, 0) is 0 Å². The summed E-state index contributed by atoms with van der Waals surface area (Å²) < 4.78 is 0. The first-order valence-electron chi connectivity index (χ1n) is 6.50. The number of thioether (sulfide) groups is 1. The average molecular weight is 335 g/mol. The van der Waals surface area contributed by atoms with Gasteiger partial charge in [0, 0.05) is 17.0 Å². The highest BCUT2D eigenvalue weighted by Crippen LogP contribution is 2.24. The van der Waals surface area contributed by atoms with Gasteiger partial charge in [-0.2, -0.15) is 0 Å². The predicted octanol–water partition coefficient (Wildman–Crippen LogP) is 3.48. The molecule has 0 saturated heterocycles. The summed E-state index contributed by atoms with van der Waals surface area (Å²) in [5.74, 6) is -0.0821. The third-order valence-corrected chi connectivity index (χ3v) is 4.58. The Hall–Kier alpha value is -0.420. The van der Waals surface area contributed by atoms with Crippen molar-refractivity contribution in [2.75, 3.05) is 6.26 Å². The standard InChI is InChI=1S/C14H19ClN2OS.ClH/c1-19-11-6-7-13(15)12(8-11)14(18)17-10-4-2-9(16)3-5-10;/h6-10H,2-5,16H2,1H3,(H,17,18);1H. The van der Waals surface area contributed by atoms with E-state index >= 15 is 0 Å². The van der Waals surface area contributed by atoms with Gasteiger partial charge in [-0.1, -0.05) is 11.6 Å². The van der Waals surface area contributed by atoms with Crippen molar-refractivity contribution >= 4 is 41.7 Å². The van der Waals surface area contributed by atoms with Crippen LogP contribution in [0.1, 0.15) is 36.0 Å². The Kier molecular flexibility index (Phi) is 7.17. The molecule has 1 aromatic carbocycles. The first kappa shape index (κ1) is 17.6. The Morgan fingerprint density at radius 1 is 1.35 bits per heavy atom. The van der Waals surface area contributed by atoms with Crippen molar-refractivity contribution in [1.29, 1.82) is 0 Å². The molecular formula is C14H20Cl2N2OS. The maximum atomic E-state index is 12.2. The maximum absolute atomic E-state index is 12.2. The Morgan fingerprint density at radius 2 is 2.00 bits per heavy atom. The molecule has 0 radical (unpaired) electrons. The molecule has 0 heterocycles. The molecule has 0 bridgehead atoms. The van der Waals surface area contributed by atoms with E-state index in [1.54, 1.807) is 17.8 Å². The van der Waals surface area contributed by atoms with E-state index in [0.717, 1.165) is 30.6 Å². The van der Waals surface area contributed by atoms with E-state index in [1.165, 1.54) is 0 Å². The van der Waals surface area contributed by atoms with Crippen LogP contribution < -0.4 is 11.1 Å². The predicted molar refractivity (Wildman–Crippen MR) is 88.2 cm³/mol. The summed E-state index contributed by atoms with van der Waals surface area (Å²) in [5.41, 5.74) is 6.42. The van der Waals surface area contributed by atoms with E-state index < -0.39 is 0 Å². The van der Waals surface area contributed by atoms with Gasteiger partial charge in [0.05, 0.1) is 10.6 Å². The molecule has 6 heteroatoms. The minimum absolute atomic E-state index is 0. The van der Waals surface area contributed by atoms with Crippen LogP contribution in [0, 0.1) is 0 Å². The number of rotatable bonds is 3. The second-order valence-electron chi connectivity index (χ2n) is 4.93. The molecule has 1 aliphatic carbocycles. The lowest BCUT2D eigenvalue weighted by Crippen LogP contribution is -2.40. The van der Waals surface area contributed by atoms with Crippen LogP contribution in [-0.4, -0.2) is 24.2 Å². The van der Waals surface area contributed by atoms with Gasteiger partial charge in [-0.3, -0.25) is 4.79 Å². The number of carbonyl (C=O) groups is 1. The molecular weight excluding hydrogens is 315 g/mol. The summed E-state index contributed by atoms with van der Waals surface area (Å²) >= 11 is 7.70. The molecule has 0 unspecified atom stereocenters. The lowest BCUT2D eigenvalue weighted by Gasteiger charge is -2.27. The minimum atomic E-state index is -0.0821. The van der Waals surface area contributed by atoms with Crippen molar-refractivity contribution in [3.63, 3.8) is 0 Å². The summed E-state index contributed by atoms with van der Waals surface area (Å²) in [6.07, 6.45) is 5.83. The molecule has 3 N–H and O–H groups in total. The number of amides is 1. The van der Waals surface area contributed by atoms with Gasteiger partial charge in [0.25, 0.3) is 5.91 Å². The maximum Gasteiger partial charge on any atom is 0.253 e. The highest BCUT2D eigenvalue weighted by Gasteiger charge is 2.21.